The number of aromatic nitrogens is 5. The van der Waals surface area contributed by atoms with Crippen molar-refractivity contribution in [1.82, 2.24) is 30.1 Å². The van der Waals surface area contributed by atoms with Crippen LogP contribution in [0.5, 0.6) is 0 Å². The van der Waals surface area contributed by atoms with Gasteiger partial charge in [0.1, 0.15) is 0 Å². The lowest BCUT2D eigenvalue weighted by Gasteiger charge is -2.20. The standard InChI is InChI=1S/C11H15N7OS/c1-17-4-3-7-8(6-17)20-11(12-7)13-10(19)5-9-14-15-16-18(9)2/h3-6H2,1-2H3,(H,12,13,19). The first kappa shape index (κ1) is 13.1. The highest BCUT2D eigenvalue weighted by Crippen LogP contribution is 2.27. The molecule has 0 saturated heterocycles. The van der Waals surface area contributed by atoms with Crippen LogP contribution in [0.4, 0.5) is 5.13 Å². The van der Waals surface area contributed by atoms with Gasteiger partial charge < -0.3 is 10.2 Å². The van der Waals surface area contributed by atoms with E-state index < -0.39 is 0 Å². The predicted octanol–water partition coefficient (Wildman–Crippen LogP) is -0.164. The van der Waals surface area contributed by atoms with Gasteiger partial charge in [0.2, 0.25) is 5.91 Å². The first-order valence-electron chi connectivity index (χ1n) is 6.30. The number of carbonyl (C=O) groups is 1. The molecule has 1 N–H and O–H groups in total. The van der Waals surface area contributed by atoms with E-state index in [2.05, 4.69) is 37.8 Å². The van der Waals surface area contributed by atoms with Gasteiger partial charge in [0.15, 0.2) is 11.0 Å². The molecule has 0 fully saturated rings. The zero-order chi connectivity index (χ0) is 14.1. The number of thiazole rings is 1. The molecule has 8 nitrogen and oxygen atoms in total. The number of rotatable bonds is 3. The summed E-state index contributed by atoms with van der Waals surface area (Å²) < 4.78 is 1.49. The van der Waals surface area contributed by atoms with Crippen molar-refractivity contribution in [2.75, 3.05) is 18.9 Å². The molecule has 0 bridgehead atoms. The Balaban J connectivity index is 1.66. The van der Waals surface area contributed by atoms with Crippen molar-refractivity contribution in [2.45, 2.75) is 19.4 Å². The zero-order valence-corrected chi connectivity index (χ0v) is 12.1. The molecule has 3 rings (SSSR count). The topological polar surface area (TPSA) is 88.8 Å². The van der Waals surface area contributed by atoms with Crippen LogP contribution in [-0.2, 0) is 31.2 Å². The molecule has 106 valence electrons. The van der Waals surface area contributed by atoms with Crippen LogP contribution in [0, 0.1) is 0 Å². The summed E-state index contributed by atoms with van der Waals surface area (Å²) in [6.07, 6.45) is 1.08. The van der Waals surface area contributed by atoms with Gasteiger partial charge in [-0.05, 0) is 17.5 Å². The molecular formula is C11H15N7OS. The molecule has 0 atom stereocenters. The number of aryl methyl sites for hydroxylation is 1. The Morgan fingerprint density at radius 3 is 3.05 bits per heavy atom. The Bertz CT molecular complexity index is 635. The van der Waals surface area contributed by atoms with Crippen LogP contribution in [-0.4, -0.2) is 49.6 Å². The molecule has 0 radical (unpaired) electrons. The van der Waals surface area contributed by atoms with Crippen molar-refractivity contribution in [3.05, 3.63) is 16.4 Å². The number of likely N-dealkylation sites (N-methyl/N-ethyl adjacent to an activating group) is 1. The Labute approximate surface area is 119 Å². The Morgan fingerprint density at radius 1 is 1.45 bits per heavy atom. The van der Waals surface area contributed by atoms with E-state index in [0.717, 1.165) is 25.2 Å². The fourth-order valence-electron chi connectivity index (χ4n) is 2.08. The minimum atomic E-state index is -0.151. The van der Waals surface area contributed by atoms with E-state index in [4.69, 9.17) is 0 Å². The third-order valence-electron chi connectivity index (χ3n) is 3.19. The average molecular weight is 293 g/mol. The Kier molecular flexibility index (Phi) is 3.45. The number of tetrazole rings is 1. The number of carbonyl (C=O) groups excluding carboxylic acids is 1. The maximum absolute atomic E-state index is 11.9. The van der Waals surface area contributed by atoms with Gasteiger partial charge >= 0.3 is 0 Å². The van der Waals surface area contributed by atoms with Gasteiger partial charge in [0.25, 0.3) is 0 Å². The quantitative estimate of drug-likeness (QED) is 0.845. The zero-order valence-electron chi connectivity index (χ0n) is 11.3. The highest BCUT2D eigenvalue weighted by molar-refractivity contribution is 7.15. The molecular weight excluding hydrogens is 278 g/mol. The van der Waals surface area contributed by atoms with E-state index in [1.165, 1.54) is 9.56 Å². The van der Waals surface area contributed by atoms with E-state index in [1.807, 2.05) is 0 Å². The second-order valence-corrected chi connectivity index (χ2v) is 5.90. The third kappa shape index (κ3) is 2.68. The van der Waals surface area contributed by atoms with Gasteiger partial charge in [-0.15, -0.1) is 16.4 Å². The Hall–Kier alpha value is -1.87. The van der Waals surface area contributed by atoms with Crippen molar-refractivity contribution in [3.8, 4) is 0 Å². The monoisotopic (exact) mass is 293 g/mol. The smallest absolute Gasteiger partial charge is 0.233 e. The molecule has 2 aromatic heterocycles. The highest BCUT2D eigenvalue weighted by atomic mass is 32.1. The van der Waals surface area contributed by atoms with Crippen molar-refractivity contribution in [2.24, 2.45) is 7.05 Å². The van der Waals surface area contributed by atoms with Gasteiger partial charge in [-0.3, -0.25) is 4.79 Å². The summed E-state index contributed by atoms with van der Waals surface area (Å²) in [7, 11) is 3.79. The SMILES string of the molecule is CN1CCc2nc(NC(=O)Cc3nnnn3C)sc2C1. The molecule has 0 spiro atoms. The van der Waals surface area contributed by atoms with Crippen molar-refractivity contribution >= 4 is 22.4 Å². The lowest BCUT2D eigenvalue weighted by Crippen LogP contribution is -2.25. The maximum Gasteiger partial charge on any atom is 0.233 e. The van der Waals surface area contributed by atoms with E-state index in [-0.39, 0.29) is 12.3 Å². The molecule has 1 amide bonds. The number of fused-ring (bicyclic) bond motifs is 1. The summed E-state index contributed by atoms with van der Waals surface area (Å²) in [5.74, 6) is 0.380. The molecule has 9 heteroatoms. The fourth-order valence-corrected chi connectivity index (χ4v) is 3.19. The fraction of sp³-hybridized carbons (Fsp3) is 0.545. The number of nitrogens with zero attached hydrogens (tertiary/aromatic N) is 6. The van der Waals surface area contributed by atoms with Crippen LogP contribution >= 0.6 is 11.3 Å². The normalized spacial score (nSPS) is 15.1. The van der Waals surface area contributed by atoms with Crippen LogP contribution in [0.15, 0.2) is 0 Å². The van der Waals surface area contributed by atoms with Crippen LogP contribution < -0.4 is 5.32 Å². The van der Waals surface area contributed by atoms with Gasteiger partial charge in [-0.25, -0.2) is 9.67 Å². The van der Waals surface area contributed by atoms with Crippen molar-refractivity contribution in [1.29, 1.82) is 0 Å². The number of nitrogens with one attached hydrogen (secondary N) is 1. The van der Waals surface area contributed by atoms with E-state index in [9.17, 15) is 4.79 Å². The molecule has 0 aliphatic carbocycles. The molecule has 0 saturated carbocycles. The summed E-state index contributed by atoms with van der Waals surface area (Å²) in [4.78, 5) is 19.9. The van der Waals surface area contributed by atoms with Crippen LogP contribution in [0.1, 0.15) is 16.4 Å². The van der Waals surface area contributed by atoms with Crippen LogP contribution in [0.2, 0.25) is 0 Å². The lowest BCUT2D eigenvalue weighted by molar-refractivity contribution is -0.115. The maximum atomic E-state index is 11.9. The molecule has 1 aliphatic heterocycles. The summed E-state index contributed by atoms with van der Waals surface area (Å²) in [5.41, 5.74) is 1.10. The van der Waals surface area contributed by atoms with Gasteiger partial charge in [0.05, 0.1) is 12.1 Å². The first-order chi connectivity index (χ1) is 9.61. The summed E-state index contributed by atoms with van der Waals surface area (Å²) in [6.45, 7) is 1.91. The number of amides is 1. The number of hydrogen-bond acceptors (Lipinski definition) is 7. The van der Waals surface area contributed by atoms with Crippen molar-refractivity contribution < 1.29 is 4.79 Å². The minimum Gasteiger partial charge on any atom is -0.302 e. The number of anilines is 1. The van der Waals surface area contributed by atoms with Gasteiger partial charge in [-0.2, -0.15) is 0 Å². The molecule has 1 aliphatic rings. The third-order valence-corrected chi connectivity index (χ3v) is 4.19. The summed E-state index contributed by atoms with van der Waals surface area (Å²) in [5, 5.41) is 14.5. The molecule has 3 heterocycles. The first-order valence-corrected chi connectivity index (χ1v) is 7.11. The number of hydrogen-bond donors (Lipinski definition) is 1. The van der Waals surface area contributed by atoms with Gasteiger partial charge in [-0.1, -0.05) is 0 Å². The summed E-state index contributed by atoms with van der Waals surface area (Å²) in [6, 6.07) is 0. The molecule has 0 aromatic carbocycles. The van der Waals surface area contributed by atoms with E-state index in [0.29, 0.717) is 11.0 Å². The van der Waals surface area contributed by atoms with Gasteiger partial charge in [0, 0.05) is 31.4 Å². The highest BCUT2D eigenvalue weighted by Gasteiger charge is 2.19. The van der Waals surface area contributed by atoms with Crippen molar-refractivity contribution in [3.63, 3.8) is 0 Å². The largest absolute Gasteiger partial charge is 0.302 e. The molecule has 2 aromatic rings. The second-order valence-electron chi connectivity index (χ2n) is 4.82. The second kappa shape index (κ2) is 5.25. The van der Waals surface area contributed by atoms with Crippen LogP contribution in [0.3, 0.4) is 0 Å². The lowest BCUT2D eigenvalue weighted by atomic mass is 10.2. The predicted molar refractivity (Wildman–Crippen MR) is 73.3 cm³/mol. The average Bonchev–Trinajstić information content (AvgIpc) is 2.95. The van der Waals surface area contributed by atoms with Crippen LogP contribution in [0.25, 0.3) is 0 Å². The molecule has 0 unspecified atom stereocenters. The van der Waals surface area contributed by atoms with E-state index >= 15 is 0 Å². The van der Waals surface area contributed by atoms with E-state index in [1.54, 1.807) is 18.4 Å². The minimum absolute atomic E-state index is 0.146. The Morgan fingerprint density at radius 2 is 2.30 bits per heavy atom. The summed E-state index contributed by atoms with van der Waals surface area (Å²) >= 11 is 1.54. The molecule has 20 heavy (non-hydrogen) atoms.